The highest BCUT2D eigenvalue weighted by atomic mass is 19.1. The van der Waals surface area contributed by atoms with Gasteiger partial charge in [0.2, 0.25) is 0 Å². The van der Waals surface area contributed by atoms with Crippen LogP contribution in [0.25, 0.3) is 0 Å². The molecule has 1 atom stereocenters. The number of carbonyl (C=O) groups is 1. The minimum atomic E-state index is -0.431. The van der Waals surface area contributed by atoms with E-state index in [4.69, 9.17) is 9.47 Å². The Labute approximate surface area is 127 Å². The van der Waals surface area contributed by atoms with Crippen LogP contribution in [0.3, 0.4) is 0 Å². The normalized spacial score (nSPS) is 14.3. The molecule has 3 rings (SSSR count). The van der Waals surface area contributed by atoms with Gasteiger partial charge in [-0.25, -0.2) is 4.39 Å². The number of amides is 1. The number of benzene rings is 2. The molecule has 0 bridgehead atoms. The van der Waals surface area contributed by atoms with Crippen molar-refractivity contribution in [3.05, 3.63) is 59.4 Å². The van der Waals surface area contributed by atoms with Crippen molar-refractivity contribution in [2.75, 3.05) is 13.2 Å². The van der Waals surface area contributed by atoms with E-state index in [1.54, 1.807) is 6.07 Å². The predicted molar refractivity (Wildman–Crippen MR) is 79.7 cm³/mol. The highest BCUT2D eigenvalue weighted by molar-refractivity contribution is 5.94. The van der Waals surface area contributed by atoms with Crippen LogP contribution in [0.5, 0.6) is 11.5 Å². The first kappa shape index (κ1) is 14.4. The van der Waals surface area contributed by atoms with Gasteiger partial charge in [-0.05, 0) is 42.8 Å². The maximum Gasteiger partial charge on any atom is 0.251 e. The molecule has 0 saturated heterocycles. The highest BCUT2D eigenvalue weighted by Gasteiger charge is 2.16. The Morgan fingerprint density at radius 1 is 1.14 bits per heavy atom. The zero-order chi connectivity index (χ0) is 15.5. The van der Waals surface area contributed by atoms with Crippen molar-refractivity contribution in [2.24, 2.45) is 0 Å². The highest BCUT2D eigenvalue weighted by Crippen LogP contribution is 2.32. The average Bonchev–Trinajstić information content (AvgIpc) is 2.54. The zero-order valence-electron chi connectivity index (χ0n) is 12.1. The van der Waals surface area contributed by atoms with Crippen LogP contribution in [0.15, 0.2) is 42.5 Å². The van der Waals surface area contributed by atoms with Gasteiger partial charge in [-0.2, -0.15) is 0 Å². The van der Waals surface area contributed by atoms with Crippen LogP contribution in [0, 0.1) is 5.82 Å². The number of fused-ring (bicyclic) bond motifs is 1. The lowest BCUT2D eigenvalue weighted by Crippen LogP contribution is -2.27. The minimum Gasteiger partial charge on any atom is -0.486 e. The molecule has 114 valence electrons. The summed E-state index contributed by atoms with van der Waals surface area (Å²) in [4.78, 5) is 12.1. The van der Waals surface area contributed by atoms with Crippen LogP contribution in [0.2, 0.25) is 0 Å². The molecule has 0 aromatic heterocycles. The second-order valence-electron chi connectivity index (χ2n) is 5.11. The minimum absolute atomic E-state index is 0.230. The van der Waals surface area contributed by atoms with E-state index in [0.29, 0.717) is 30.3 Å². The van der Waals surface area contributed by atoms with Crippen LogP contribution in [0.4, 0.5) is 4.39 Å². The summed E-state index contributed by atoms with van der Waals surface area (Å²) in [5.41, 5.74) is 1.19. The van der Waals surface area contributed by atoms with Crippen molar-refractivity contribution < 1.29 is 18.7 Å². The largest absolute Gasteiger partial charge is 0.486 e. The number of rotatable bonds is 3. The first-order valence-corrected chi connectivity index (χ1v) is 7.09. The standard InChI is InChI=1S/C17H16FNO3/c1-11(19-17(20)13-3-2-4-14(18)9-13)12-5-6-15-16(10-12)22-8-7-21-15/h2-6,9-11H,7-8H2,1H3,(H,19,20)/t11-/m1/s1. The molecule has 4 nitrogen and oxygen atoms in total. The summed E-state index contributed by atoms with van der Waals surface area (Å²) < 4.78 is 24.2. The first-order chi connectivity index (χ1) is 10.6. The van der Waals surface area contributed by atoms with E-state index in [0.717, 1.165) is 5.56 Å². The van der Waals surface area contributed by atoms with E-state index in [9.17, 15) is 9.18 Å². The number of hydrogen-bond donors (Lipinski definition) is 1. The maximum atomic E-state index is 13.2. The molecule has 2 aromatic carbocycles. The fourth-order valence-corrected chi connectivity index (χ4v) is 2.32. The van der Waals surface area contributed by atoms with Crippen molar-refractivity contribution in [2.45, 2.75) is 13.0 Å². The SMILES string of the molecule is C[C@@H](NC(=O)c1cccc(F)c1)c1ccc2c(c1)OCCO2. The summed E-state index contributed by atoms with van der Waals surface area (Å²) in [6, 6.07) is 10.9. The number of halogens is 1. The Morgan fingerprint density at radius 2 is 1.91 bits per heavy atom. The Kier molecular flexibility index (Phi) is 3.96. The molecule has 1 aliphatic heterocycles. The molecule has 1 N–H and O–H groups in total. The lowest BCUT2D eigenvalue weighted by molar-refractivity contribution is 0.0939. The molecule has 0 unspecified atom stereocenters. The van der Waals surface area contributed by atoms with Crippen molar-refractivity contribution in [1.82, 2.24) is 5.32 Å². The Bertz CT molecular complexity index is 702. The van der Waals surface area contributed by atoms with Gasteiger partial charge in [-0.1, -0.05) is 12.1 Å². The molecule has 0 fully saturated rings. The number of ether oxygens (including phenoxy) is 2. The molecular formula is C17H16FNO3. The van der Waals surface area contributed by atoms with Crippen LogP contribution < -0.4 is 14.8 Å². The fourth-order valence-electron chi connectivity index (χ4n) is 2.32. The summed E-state index contributed by atoms with van der Waals surface area (Å²) in [6.07, 6.45) is 0. The van der Waals surface area contributed by atoms with Gasteiger partial charge in [0.05, 0.1) is 6.04 Å². The van der Waals surface area contributed by atoms with Gasteiger partial charge in [-0.15, -0.1) is 0 Å². The molecule has 2 aromatic rings. The third-order valence-electron chi connectivity index (χ3n) is 3.50. The van der Waals surface area contributed by atoms with Crippen LogP contribution in [0.1, 0.15) is 28.9 Å². The first-order valence-electron chi connectivity index (χ1n) is 7.09. The molecule has 1 amide bonds. The Balaban J connectivity index is 1.74. The molecular weight excluding hydrogens is 285 g/mol. The lowest BCUT2D eigenvalue weighted by atomic mass is 10.1. The molecule has 22 heavy (non-hydrogen) atoms. The van der Waals surface area contributed by atoms with Gasteiger partial charge in [0.15, 0.2) is 11.5 Å². The second kappa shape index (κ2) is 6.05. The molecule has 0 aliphatic carbocycles. The van der Waals surface area contributed by atoms with Crippen LogP contribution in [-0.2, 0) is 0 Å². The van der Waals surface area contributed by atoms with Crippen molar-refractivity contribution in [1.29, 1.82) is 0 Å². The van der Waals surface area contributed by atoms with Crippen molar-refractivity contribution >= 4 is 5.91 Å². The van der Waals surface area contributed by atoms with Crippen molar-refractivity contribution in [3.8, 4) is 11.5 Å². The summed E-state index contributed by atoms with van der Waals surface area (Å²) in [7, 11) is 0. The quantitative estimate of drug-likeness (QED) is 0.947. The van der Waals surface area contributed by atoms with Gasteiger partial charge in [0.25, 0.3) is 5.91 Å². The second-order valence-corrected chi connectivity index (χ2v) is 5.11. The van der Waals surface area contributed by atoms with Crippen LogP contribution in [-0.4, -0.2) is 19.1 Å². The van der Waals surface area contributed by atoms with Gasteiger partial charge in [-0.3, -0.25) is 4.79 Å². The smallest absolute Gasteiger partial charge is 0.251 e. The van der Waals surface area contributed by atoms with Crippen LogP contribution >= 0.6 is 0 Å². The summed E-state index contributed by atoms with van der Waals surface area (Å²) in [5, 5.41) is 2.84. The zero-order valence-corrected chi connectivity index (χ0v) is 12.1. The van der Waals surface area contributed by atoms with Gasteiger partial charge in [0.1, 0.15) is 19.0 Å². The average molecular weight is 301 g/mol. The van der Waals surface area contributed by atoms with Gasteiger partial charge >= 0.3 is 0 Å². The molecule has 1 heterocycles. The summed E-state index contributed by atoms with van der Waals surface area (Å²) >= 11 is 0. The van der Waals surface area contributed by atoms with Crippen molar-refractivity contribution in [3.63, 3.8) is 0 Å². The number of hydrogen-bond acceptors (Lipinski definition) is 3. The molecule has 0 saturated carbocycles. The van der Waals surface area contributed by atoms with E-state index in [-0.39, 0.29) is 11.9 Å². The number of carbonyl (C=O) groups excluding carboxylic acids is 1. The van der Waals surface area contributed by atoms with E-state index >= 15 is 0 Å². The molecule has 5 heteroatoms. The van der Waals surface area contributed by atoms with E-state index < -0.39 is 5.82 Å². The Morgan fingerprint density at radius 3 is 2.68 bits per heavy atom. The monoisotopic (exact) mass is 301 g/mol. The van der Waals surface area contributed by atoms with Gasteiger partial charge in [0, 0.05) is 5.56 Å². The van der Waals surface area contributed by atoms with Gasteiger partial charge < -0.3 is 14.8 Å². The summed E-state index contributed by atoms with van der Waals surface area (Å²) in [5.74, 6) is 0.635. The number of nitrogens with one attached hydrogen (secondary N) is 1. The van der Waals surface area contributed by atoms with E-state index in [1.807, 2.05) is 25.1 Å². The van der Waals surface area contributed by atoms with E-state index in [1.165, 1.54) is 18.2 Å². The summed E-state index contributed by atoms with van der Waals surface area (Å²) in [6.45, 7) is 2.92. The molecule has 0 spiro atoms. The Hall–Kier alpha value is -2.56. The van der Waals surface area contributed by atoms with E-state index in [2.05, 4.69) is 5.32 Å². The fraction of sp³-hybridized carbons (Fsp3) is 0.235. The topological polar surface area (TPSA) is 47.6 Å². The molecule has 0 radical (unpaired) electrons. The maximum absolute atomic E-state index is 13.2. The third kappa shape index (κ3) is 3.03. The predicted octanol–water partition coefficient (Wildman–Crippen LogP) is 3.09. The molecule has 1 aliphatic rings. The lowest BCUT2D eigenvalue weighted by Gasteiger charge is -2.21. The third-order valence-corrected chi connectivity index (χ3v) is 3.50.